The quantitative estimate of drug-likeness (QED) is 0.326. The first-order chi connectivity index (χ1) is 3.41. The molecular formula is C5H14N2Na3+3. The fourth-order valence-corrected chi connectivity index (χ4v) is 0.465. The van der Waals surface area contributed by atoms with E-state index in [9.17, 15) is 0 Å². The van der Waals surface area contributed by atoms with Gasteiger partial charge in [0.25, 0.3) is 0 Å². The monoisotopic (exact) mass is 171 g/mol. The van der Waals surface area contributed by atoms with Crippen LogP contribution in [0, 0.1) is 0 Å². The van der Waals surface area contributed by atoms with Gasteiger partial charge in [0, 0.05) is 0 Å². The molecule has 0 aliphatic heterocycles. The third kappa shape index (κ3) is 22.4. The Kier molecular flexibility index (Phi) is 52.3. The van der Waals surface area contributed by atoms with Gasteiger partial charge in [-0.15, -0.1) is 0 Å². The van der Waals surface area contributed by atoms with E-state index < -0.39 is 0 Å². The smallest absolute Gasteiger partial charge is 0.330 e. The Morgan fingerprint density at radius 1 is 0.600 bits per heavy atom. The SMILES string of the molecule is NCCCCCN.[Na+].[Na+].[Na+]. The molecule has 10 heavy (non-hydrogen) atoms. The molecule has 0 rings (SSSR count). The van der Waals surface area contributed by atoms with Crippen LogP contribution in [0.2, 0.25) is 0 Å². The Hall–Kier alpha value is 2.92. The van der Waals surface area contributed by atoms with Crippen LogP contribution in [0.1, 0.15) is 19.3 Å². The molecule has 0 saturated carbocycles. The zero-order valence-electron chi connectivity index (χ0n) is 7.69. The first-order valence-electron chi connectivity index (χ1n) is 2.82. The molecule has 0 fully saturated rings. The summed E-state index contributed by atoms with van der Waals surface area (Å²) in [4.78, 5) is 0. The van der Waals surface area contributed by atoms with Gasteiger partial charge < -0.3 is 11.5 Å². The molecule has 2 nitrogen and oxygen atoms in total. The van der Waals surface area contributed by atoms with Crippen molar-refractivity contribution in [1.82, 2.24) is 0 Å². The van der Waals surface area contributed by atoms with Crippen molar-refractivity contribution in [2.24, 2.45) is 11.5 Å². The fraction of sp³-hybridized carbons (Fsp3) is 1.00. The van der Waals surface area contributed by atoms with Gasteiger partial charge in [0.2, 0.25) is 0 Å². The molecule has 0 bridgehead atoms. The average molecular weight is 171 g/mol. The minimum absolute atomic E-state index is 0. The summed E-state index contributed by atoms with van der Waals surface area (Å²) in [5.74, 6) is 0. The molecule has 44 valence electrons. The summed E-state index contributed by atoms with van der Waals surface area (Å²) < 4.78 is 0. The van der Waals surface area contributed by atoms with Crippen molar-refractivity contribution < 1.29 is 88.7 Å². The van der Waals surface area contributed by atoms with E-state index in [2.05, 4.69) is 0 Å². The summed E-state index contributed by atoms with van der Waals surface area (Å²) in [7, 11) is 0. The number of hydrogen-bond donors (Lipinski definition) is 2. The van der Waals surface area contributed by atoms with Gasteiger partial charge in [0.1, 0.15) is 0 Å². The average Bonchev–Trinajstić information content (AvgIpc) is 1.69. The fourth-order valence-electron chi connectivity index (χ4n) is 0.465. The number of rotatable bonds is 4. The second-order valence-corrected chi connectivity index (χ2v) is 1.64. The van der Waals surface area contributed by atoms with Gasteiger partial charge in [-0.3, -0.25) is 0 Å². The topological polar surface area (TPSA) is 52.0 Å². The molecule has 0 aromatic rings. The van der Waals surface area contributed by atoms with E-state index in [0.717, 1.165) is 25.9 Å². The van der Waals surface area contributed by atoms with Crippen molar-refractivity contribution >= 4 is 0 Å². The minimum Gasteiger partial charge on any atom is -0.330 e. The molecule has 0 aromatic carbocycles. The van der Waals surface area contributed by atoms with Gasteiger partial charge in [-0.1, -0.05) is 6.42 Å². The van der Waals surface area contributed by atoms with Crippen LogP contribution in [-0.4, -0.2) is 13.1 Å². The summed E-state index contributed by atoms with van der Waals surface area (Å²) in [6, 6.07) is 0. The molecule has 0 aliphatic rings. The van der Waals surface area contributed by atoms with Gasteiger partial charge >= 0.3 is 88.7 Å². The summed E-state index contributed by atoms with van der Waals surface area (Å²) in [5, 5.41) is 0. The minimum atomic E-state index is 0. The van der Waals surface area contributed by atoms with Crippen LogP contribution in [0.3, 0.4) is 0 Å². The van der Waals surface area contributed by atoms with Crippen molar-refractivity contribution in [2.45, 2.75) is 19.3 Å². The third-order valence-electron chi connectivity index (χ3n) is 0.908. The van der Waals surface area contributed by atoms with E-state index in [1.54, 1.807) is 0 Å². The van der Waals surface area contributed by atoms with E-state index in [1.165, 1.54) is 6.42 Å². The second kappa shape index (κ2) is 22.7. The maximum absolute atomic E-state index is 5.23. The maximum Gasteiger partial charge on any atom is 1.00 e. The second-order valence-electron chi connectivity index (χ2n) is 1.64. The Morgan fingerprint density at radius 2 is 0.900 bits per heavy atom. The van der Waals surface area contributed by atoms with Crippen LogP contribution < -0.4 is 100 Å². The van der Waals surface area contributed by atoms with Crippen molar-refractivity contribution in [2.75, 3.05) is 13.1 Å². The summed E-state index contributed by atoms with van der Waals surface area (Å²) in [5.41, 5.74) is 10.5. The van der Waals surface area contributed by atoms with Gasteiger partial charge in [-0.05, 0) is 25.9 Å². The summed E-state index contributed by atoms with van der Waals surface area (Å²) >= 11 is 0. The van der Waals surface area contributed by atoms with Gasteiger partial charge in [-0.2, -0.15) is 0 Å². The molecule has 0 radical (unpaired) electrons. The number of hydrogen-bond acceptors (Lipinski definition) is 2. The van der Waals surface area contributed by atoms with Gasteiger partial charge in [-0.25, -0.2) is 0 Å². The van der Waals surface area contributed by atoms with E-state index in [0.29, 0.717) is 0 Å². The molecular weight excluding hydrogens is 157 g/mol. The zero-order chi connectivity index (χ0) is 5.54. The van der Waals surface area contributed by atoms with Crippen molar-refractivity contribution in [3.63, 3.8) is 0 Å². The first-order valence-corrected chi connectivity index (χ1v) is 2.82. The zero-order valence-corrected chi connectivity index (χ0v) is 13.7. The van der Waals surface area contributed by atoms with E-state index >= 15 is 0 Å². The third-order valence-corrected chi connectivity index (χ3v) is 0.908. The Labute approximate surface area is 130 Å². The van der Waals surface area contributed by atoms with Crippen molar-refractivity contribution in [3.8, 4) is 0 Å². The molecule has 4 N–H and O–H groups in total. The summed E-state index contributed by atoms with van der Waals surface area (Å²) in [6.07, 6.45) is 3.43. The molecule has 0 saturated heterocycles. The molecule has 0 heterocycles. The standard InChI is InChI=1S/C5H14N2.3Na/c6-4-2-1-3-5-7;;;/h1-7H2;;;/q;3*+1. The maximum atomic E-state index is 5.23. The summed E-state index contributed by atoms with van der Waals surface area (Å²) in [6.45, 7) is 1.61. The largest absolute Gasteiger partial charge is 1.00 e. The van der Waals surface area contributed by atoms with Gasteiger partial charge in [0.05, 0.1) is 0 Å². The molecule has 0 amide bonds. The van der Waals surface area contributed by atoms with Crippen molar-refractivity contribution in [1.29, 1.82) is 0 Å². The van der Waals surface area contributed by atoms with E-state index in [-0.39, 0.29) is 88.7 Å². The molecule has 5 heteroatoms. The normalized spacial score (nSPS) is 6.60. The molecule has 0 spiro atoms. The van der Waals surface area contributed by atoms with Crippen LogP contribution in [0.15, 0.2) is 0 Å². The Bertz CT molecular complexity index is 34.1. The van der Waals surface area contributed by atoms with E-state index in [1.807, 2.05) is 0 Å². The Balaban J connectivity index is -0.0000000600. The molecule has 0 aromatic heterocycles. The van der Waals surface area contributed by atoms with Crippen LogP contribution in [0.25, 0.3) is 0 Å². The van der Waals surface area contributed by atoms with Gasteiger partial charge in [0.15, 0.2) is 0 Å². The van der Waals surface area contributed by atoms with E-state index in [4.69, 9.17) is 11.5 Å². The van der Waals surface area contributed by atoms with Crippen LogP contribution >= 0.6 is 0 Å². The molecule has 0 aliphatic carbocycles. The Morgan fingerprint density at radius 3 is 1.10 bits per heavy atom. The molecule has 0 atom stereocenters. The molecule has 0 unspecified atom stereocenters. The number of nitrogens with two attached hydrogens (primary N) is 2. The van der Waals surface area contributed by atoms with Crippen molar-refractivity contribution in [3.05, 3.63) is 0 Å². The number of unbranched alkanes of at least 4 members (excludes halogenated alkanes) is 2. The first kappa shape index (κ1) is 23.1. The van der Waals surface area contributed by atoms with Crippen LogP contribution in [0.4, 0.5) is 0 Å². The van der Waals surface area contributed by atoms with Crippen LogP contribution in [-0.2, 0) is 0 Å². The predicted octanol–water partition coefficient (Wildman–Crippen LogP) is -8.91. The predicted molar refractivity (Wildman–Crippen MR) is 32.0 cm³/mol. The van der Waals surface area contributed by atoms with Crippen LogP contribution in [0.5, 0.6) is 0 Å².